The van der Waals surface area contributed by atoms with Crippen LogP contribution in [0.1, 0.15) is 26.2 Å². The first kappa shape index (κ1) is 14.6. The van der Waals surface area contributed by atoms with E-state index in [9.17, 15) is 14.4 Å². The van der Waals surface area contributed by atoms with E-state index < -0.39 is 11.9 Å². The van der Waals surface area contributed by atoms with Crippen LogP contribution in [0.3, 0.4) is 0 Å². The first-order chi connectivity index (χ1) is 9.47. The molecule has 2 aliphatic rings. The number of amides is 3. The lowest BCUT2D eigenvalue weighted by atomic mass is 9.99. The van der Waals surface area contributed by atoms with Gasteiger partial charge in [0.25, 0.3) is 0 Å². The number of carbonyl (C=O) groups is 3. The minimum Gasteiger partial charge on any atom is -0.481 e. The maximum Gasteiger partial charge on any atom is 0.317 e. The van der Waals surface area contributed by atoms with Crippen molar-refractivity contribution >= 4 is 17.9 Å². The highest BCUT2D eigenvalue weighted by atomic mass is 16.4. The Morgan fingerprint density at radius 2 is 1.95 bits per heavy atom. The first-order valence-corrected chi connectivity index (χ1v) is 7.02. The Bertz CT molecular complexity index is 408. The van der Waals surface area contributed by atoms with Crippen molar-refractivity contribution in [1.82, 2.24) is 15.5 Å². The minimum atomic E-state index is -0.864. The molecule has 1 heterocycles. The molecule has 0 aromatic heterocycles. The summed E-state index contributed by atoms with van der Waals surface area (Å²) < 4.78 is 0. The van der Waals surface area contributed by atoms with Crippen molar-refractivity contribution < 1.29 is 19.5 Å². The van der Waals surface area contributed by atoms with Crippen LogP contribution in [0.4, 0.5) is 4.79 Å². The molecule has 2 rings (SSSR count). The van der Waals surface area contributed by atoms with E-state index in [1.54, 1.807) is 0 Å². The van der Waals surface area contributed by atoms with Crippen molar-refractivity contribution in [3.8, 4) is 0 Å². The predicted molar refractivity (Wildman–Crippen MR) is 71.0 cm³/mol. The van der Waals surface area contributed by atoms with Gasteiger partial charge in [-0.15, -0.1) is 0 Å². The Morgan fingerprint density at radius 1 is 1.25 bits per heavy atom. The van der Waals surface area contributed by atoms with Crippen LogP contribution in [-0.2, 0) is 9.59 Å². The van der Waals surface area contributed by atoms with Crippen LogP contribution in [0.25, 0.3) is 0 Å². The quantitative estimate of drug-likeness (QED) is 0.662. The average molecular weight is 283 g/mol. The highest BCUT2D eigenvalue weighted by molar-refractivity contribution is 5.79. The van der Waals surface area contributed by atoms with Crippen LogP contribution < -0.4 is 10.6 Å². The molecule has 7 heteroatoms. The van der Waals surface area contributed by atoms with E-state index in [4.69, 9.17) is 5.11 Å². The van der Waals surface area contributed by atoms with E-state index >= 15 is 0 Å². The van der Waals surface area contributed by atoms with Gasteiger partial charge < -0.3 is 20.6 Å². The van der Waals surface area contributed by atoms with Crippen molar-refractivity contribution in [2.24, 2.45) is 11.8 Å². The van der Waals surface area contributed by atoms with Gasteiger partial charge >= 0.3 is 12.0 Å². The second-order valence-electron chi connectivity index (χ2n) is 5.65. The number of hydrogen-bond acceptors (Lipinski definition) is 3. The lowest BCUT2D eigenvalue weighted by Gasteiger charge is -2.16. The average Bonchev–Trinajstić information content (AvgIpc) is 3.08. The highest BCUT2D eigenvalue weighted by Gasteiger charge is 2.36. The van der Waals surface area contributed by atoms with Crippen LogP contribution in [0.5, 0.6) is 0 Å². The minimum absolute atomic E-state index is 0.0450. The largest absolute Gasteiger partial charge is 0.481 e. The monoisotopic (exact) mass is 283 g/mol. The molecule has 2 atom stereocenters. The summed E-state index contributed by atoms with van der Waals surface area (Å²) >= 11 is 0. The molecule has 0 unspecified atom stereocenters. The number of carboxylic acid groups (broad SMARTS) is 1. The SMILES string of the molecule is C[C@@H]1CN(C(=O)NCCC(=O)NC2CC2)C[C@H]1C(=O)O. The zero-order valence-electron chi connectivity index (χ0n) is 11.6. The van der Waals surface area contributed by atoms with Crippen molar-refractivity contribution in [3.63, 3.8) is 0 Å². The molecule has 3 N–H and O–H groups in total. The van der Waals surface area contributed by atoms with E-state index in [1.165, 1.54) is 4.90 Å². The Morgan fingerprint density at radius 3 is 2.50 bits per heavy atom. The molecule has 0 bridgehead atoms. The van der Waals surface area contributed by atoms with Gasteiger partial charge in [0.15, 0.2) is 0 Å². The second-order valence-corrected chi connectivity index (χ2v) is 5.65. The Hall–Kier alpha value is -1.79. The van der Waals surface area contributed by atoms with Crippen molar-refractivity contribution in [1.29, 1.82) is 0 Å². The standard InChI is InChI=1S/C13H21N3O4/c1-8-6-16(7-10(8)12(18)19)13(20)14-5-4-11(17)15-9-2-3-9/h8-10H,2-7H2,1H3,(H,14,20)(H,15,17)(H,18,19)/t8-,10-/m1/s1. The maximum absolute atomic E-state index is 11.9. The van der Waals surface area contributed by atoms with Crippen molar-refractivity contribution in [3.05, 3.63) is 0 Å². The normalized spacial score (nSPS) is 25.4. The van der Waals surface area contributed by atoms with E-state index in [0.29, 0.717) is 12.6 Å². The van der Waals surface area contributed by atoms with Crippen LogP contribution >= 0.6 is 0 Å². The van der Waals surface area contributed by atoms with Crippen LogP contribution in [0, 0.1) is 11.8 Å². The van der Waals surface area contributed by atoms with Gasteiger partial charge in [0, 0.05) is 32.1 Å². The summed E-state index contributed by atoms with van der Waals surface area (Å²) in [5.74, 6) is -1.46. The molecule has 20 heavy (non-hydrogen) atoms. The maximum atomic E-state index is 11.9. The third-order valence-electron chi connectivity index (χ3n) is 3.79. The number of hydrogen-bond donors (Lipinski definition) is 3. The Kier molecular flexibility index (Phi) is 4.46. The lowest BCUT2D eigenvalue weighted by molar-refractivity contribution is -0.142. The molecule has 1 aliphatic heterocycles. The van der Waals surface area contributed by atoms with E-state index in [1.807, 2.05) is 6.92 Å². The number of nitrogens with one attached hydrogen (secondary N) is 2. The fourth-order valence-electron chi connectivity index (χ4n) is 2.38. The summed E-state index contributed by atoms with van der Waals surface area (Å²) in [7, 11) is 0. The molecule has 1 saturated heterocycles. The molecule has 1 saturated carbocycles. The summed E-state index contributed by atoms with van der Waals surface area (Å²) in [4.78, 5) is 35.8. The molecule has 0 spiro atoms. The van der Waals surface area contributed by atoms with Crippen LogP contribution in [-0.4, -0.2) is 53.6 Å². The second kappa shape index (κ2) is 6.11. The number of nitrogens with zero attached hydrogens (tertiary/aromatic N) is 1. The number of rotatable bonds is 5. The summed E-state index contributed by atoms with van der Waals surface area (Å²) in [5.41, 5.74) is 0. The number of likely N-dealkylation sites (tertiary alicyclic amines) is 1. The van der Waals surface area contributed by atoms with Gasteiger partial charge in [0.1, 0.15) is 0 Å². The van der Waals surface area contributed by atoms with E-state index in [0.717, 1.165) is 12.8 Å². The first-order valence-electron chi connectivity index (χ1n) is 7.02. The third kappa shape index (κ3) is 3.85. The van der Waals surface area contributed by atoms with Crippen molar-refractivity contribution in [2.75, 3.05) is 19.6 Å². The summed E-state index contributed by atoms with van der Waals surface area (Å²) in [6.45, 7) is 2.78. The highest BCUT2D eigenvalue weighted by Crippen LogP contribution is 2.23. The smallest absolute Gasteiger partial charge is 0.317 e. The zero-order chi connectivity index (χ0) is 14.7. The number of carbonyl (C=O) groups excluding carboxylic acids is 2. The third-order valence-corrected chi connectivity index (χ3v) is 3.79. The number of aliphatic carboxylic acids is 1. The summed E-state index contributed by atoms with van der Waals surface area (Å²) in [6.07, 6.45) is 2.34. The fourth-order valence-corrected chi connectivity index (χ4v) is 2.38. The molecule has 112 valence electrons. The lowest BCUT2D eigenvalue weighted by Crippen LogP contribution is -2.40. The molecular formula is C13H21N3O4. The van der Waals surface area contributed by atoms with Gasteiger partial charge in [-0.25, -0.2) is 4.79 Å². The van der Waals surface area contributed by atoms with E-state index in [-0.39, 0.29) is 37.4 Å². The molecule has 3 amide bonds. The zero-order valence-corrected chi connectivity index (χ0v) is 11.6. The molecule has 0 radical (unpaired) electrons. The topological polar surface area (TPSA) is 98.7 Å². The molecular weight excluding hydrogens is 262 g/mol. The summed E-state index contributed by atoms with van der Waals surface area (Å²) in [6, 6.07) is 0.0359. The summed E-state index contributed by atoms with van der Waals surface area (Å²) in [5, 5.41) is 14.5. The van der Waals surface area contributed by atoms with E-state index in [2.05, 4.69) is 10.6 Å². The molecule has 2 fully saturated rings. The molecule has 1 aliphatic carbocycles. The Labute approximate surface area is 117 Å². The molecule has 0 aromatic carbocycles. The predicted octanol–water partition coefficient (Wildman–Crippen LogP) is 0.0172. The van der Waals surface area contributed by atoms with Gasteiger partial charge in [-0.05, 0) is 18.8 Å². The van der Waals surface area contributed by atoms with Gasteiger partial charge in [0.05, 0.1) is 5.92 Å². The Balaban J connectivity index is 1.67. The van der Waals surface area contributed by atoms with Gasteiger partial charge in [-0.3, -0.25) is 9.59 Å². The number of urea groups is 1. The van der Waals surface area contributed by atoms with Gasteiger partial charge in [-0.1, -0.05) is 6.92 Å². The van der Waals surface area contributed by atoms with Gasteiger partial charge in [0.2, 0.25) is 5.91 Å². The van der Waals surface area contributed by atoms with Gasteiger partial charge in [-0.2, -0.15) is 0 Å². The van der Waals surface area contributed by atoms with Crippen molar-refractivity contribution in [2.45, 2.75) is 32.2 Å². The number of carboxylic acids is 1. The van der Waals surface area contributed by atoms with Crippen LogP contribution in [0.2, 0.25) is 0 Å². The van der Waals surface area contributed by atoms with Crippen LogP contribution in [0.15, 0.2) is 0 Å². The molecule has 0 aromatic rings. The fraction of sp³-hybridized carbons (Fsp3) is 0.769. The molecule has 7 nitrogen and oxygen atoms in total.